The third kappa shape index (κ3) is 2.58. The first-order valence-electron chi connectivity index (χ1n) is 5.66. The van der Waals surface area contributed by atoms with Gasteiger partial charge in [-0.25, -0.2) is 4.98 Å². The maximum atomic E-state index is 8.98. The molecule has 0 unspecified atom stereocenters. The van der Waals surface area contributed by atoms with E-state index in [0.29, 0.717) is 11.3 Å². The van der Waals surface area contributed by atoms with E-state index in [2.05, 4.69) is 18.8 Å². The van der Waals surface area contributed by atoms with Crippen LogP contribution in [0.1, 0.15) is 56.2 Å². The fourth-order valence-corrected chi connectivity index (χ4v) is 3.21. The molecule has 2 rings (SSSR count). The molecule has 1 heterocycles. The number of aromatic nitrogens is 1. The molecule has 0 amide bonds. The number of aliphatic hydroxyl groups is 1. The Bertz CT molecular complexity index is 322. The van der Waals surface area contributed by atoms with Crippen LogP contribution in [0.2, 0.25) is 0 Å². The monoisotopic (exact) mass is 225 g/mol. The van der Waals surface area contributed by atoms with Gasteiger partial charge in [0.1, 0.15) is 0 Å². The third-order valence-electron chi connectivity index (χ3n) is 3.42. The van der Waals surface area contributed by atoms with Crippen LogP contribution in [0.4, 0.5) is 0 Å². The molecule has 1 aliphatic rings. The van der Waals surface area contributed by atoms with Gasteiger partial charge in [-0.05, 0) is 31.1 Å². The molecule has 0 bridgehead atoms. The smallest absolute Gasteiger partial charge is 0.0960 e. The zero-order valence-electron chi connectivity index (χ0n) is 9.49. The van der Waals surface area contributed by atoms with Gasteiger partial charge in [-0.15, -0.1) is 11.3 Å². The van der Waals surface area contributed by atoms with Gasteiger partial charge in [0.05, 0.1) is 17.3 Å². The molecule has 1 saturated carbocycles. The fourth-order valence-electron chi connectivity index (χ4n) is 2.23. The lowest BCUT2D eigenvalue weighted by Gasteiger charge is -2.33. The molecular formula is C12H19NOS. The van der Waals surface area contributed by atoms with Crippen LogP contribution in [0.25, 0.3) is 0 Å². The van der Waals surface area contributed by atoms with E-state index in [1.165, 1.54) is 30.7 Å². The zero-order chi connectivity index (χ0) is 10.9. The lowest BCUT2D eigenvalue weighted by atomic mass is 9.73. The molecule has 0 atom stereocenters. The summed E-state index contributed by atoms with van der Waals surface area (Å²) in [5, 5.41) is 12.2. The molecule has 1 N–H and O–H groups in total. The van der Waals surface area contributed by atoms with Crippen molar-refractivity contribution >= 4 is 11.3 Å². The second-order valence-corrected chi connectivity index (χ2v) is 6.16. The number of hydrogen-bond acceptors (Lipinski definition) is 3. The summed E-state index contributed by atoms with van der Waals surface area (Å²) in [6.07, 6.45) is 5.11. The quantitative estimate of drug-likeness (QED) is 0.837. The molecule has 0 spiro atoms. The molecule has 1 aliphatic carbocycles. The lowest BCUT2D eigenvalue weighted by molar-refractivity contribution is 0.223. The van der Waals surface area contributed by atoms with Gasteiger partial charge in [0.25, 0.3) is 0 Å². The molecule has 15 heavy (non-hydrogen) atoms. The van der Waals surface area contributed by atoms with Gasteiger partial charge in [0, 0.05) is 11.3 Å². The van der Waals surface area contributed by atoms with E-state index in [4.69, 9.17) is 5.11 Å². The highest BCUT2D eigenvalue weighted by Gasteiger charge is 2.28. The predicted molar refractivity (Wildman–Crippen MR) is 63.0 cm³/mol. The summed E-state index contributed by atoms with van der Waals surface area (Å²) in [4.78, 5) is 4.47. The number of aliphatic hydroxyl groups excluding tert-OH is 1. The Morgan fingerprint density at radius 2 is 2.13 bits per heavy atom. The predicted octanol–water partition coefficient (Wildman–Crippen LogP) is 3.32. The highest BCUT2D eigenvalue weighted by Crippen LogP contribution is 2.42. The molecule has 0 radical (unpaired) electrons. The zero-order valence-corrected chi connectivity index (χ0v) is 10.3. The van der Waals surface area contributed by atoms with Crippen molar-refractivity contribution in [1.82, 2.24) is 4.98 Å². The summed E-state index contributed by atoms with van der Waals surface area (Å²) in [7, 11) is 0. The van der Waals surface area contributed by atoms with Crippen LogP contribution in [-0.2, 0) is 6.61 Å². The normalized spacial score (nSPS) is 21.8. The Labute approximate surface area is 95.4 Å². The molecule has 1 aromatic rings. The molecule has 0 saturated heterocycles. The van der Waals surface area contributed by atoms with Crippen molar-refractivity contribution in [3.63, 3.8) is 0 Å². The first kappa shape index (κ1) is 11.1. The molecular weight excluding hydrogens is 206 g/mol. The van der Waals surface area contributed by atoms with Crippen LogP contribution >= 0.6 is 11.3 Å². The Morgan fingerprint density at radius 3 is 2.67 bits per heavy atom. The van der Waals surface area contributed by atoms with Crippen LogP contribution in [0.15, 0.2) is 5.38 Å². The van der Waals surface area contributed by atoms with Crippen LogP contribution in [0.3, 0.4) is 0 Å². The highest BCUT2D eigenvalue weighted by molar-refractivity contribution is 7.09. The van der Waals surface area contributed by atoms with Crippen LogP contribution in [-0.4, -0.2) is 10.1 Å². The topological polar surface area (TPSA) is 33.1 Å². The van der Waals surface area contributed by atoms with Crippen molar-refractivity contribution in [1.29, 1.82) is 0 Å². The maximum Gasteiger partial charge on any atom is 0.0960 e. The molecule has 1 fully saturated rings. The van der Waals surface area contributed by atoms with Gasteiger partial charge in [-0.2, -0.15) is 0 Å². The van der Waals surface area contributed by atoms with Crippen molar-refractivity contribution < 1.29 is 5.11 Å². The summed E-state index contributed by atoms with van der Waals surface area (Å²) in [6, 6.07) is 0. The Hall–Kier alpha value is -0.410. The number of hydrogen-bond donors (Lipinski definition) is 1. The molecule has 0 aliphatic heterocycles. The van der Waals surface area contributed by atoms with Gasteiger partial charge >= 0.3 is 0 Å². The first-order valence-corrected chi connectivity index (χ1v) is 6.54. The van der Waals surface area contributed by atoms with Crippen molar-refractivity contribution in [2.75, 3.05) is 0 Å². The summed E-state index contributed by atoms with van der Waals surface area (Å²) in [5.74, 6) is 0.642. The molecule has 84 valence electrons. The van der Waals surface area contributed by atoms with E-state index in [-0.39, 0.29) is 6.61 Å². The highest BCUT2D eigenvalue weighted by atomic mass is 32.1. The maximum absolute atomic E-state index is 8.98. The standard InChI is InChI=1S/C12H19NOS/c1-12(2)5-3-9(4-6-12)11-13-10(7-14)8-15-11/h8-9,14H,3-7H2,1-2H3. The first-order chi connectivity index (χ1) is 7.11. The van der Waals surface area contributed by atoms with Crippen molar-refractivity contribution in [3.8, 4) is 0 Å². The van der Waals surface area contributed by atoms with Crippen molar-refractivity contribution in [3.05, 3.63) is 16.1 Å². The minimum atomic E-state index is 0.0781. The van der Waals surface area contributed by atoms with Gasteiger partial charge < -0.3 is 5.11 Å². The van der Waals surface area contributed by atoms with Crippen LogP contribution in [0, 0.1) is 5.41 Å². The van der Waals surface area contributed by atoms with Crippen LogP contribution < -0.4 is 0 Å². The summed E-state index contributed by atoms with van der Waals surface area (Å²) < 4.78 is 0. The van der Waals surface area contributed by atoms with Gasteiger partial charge in [0.15, 0.2) is 0 Å². The second-order valence-electron chi connectivity index (χ2n) is 5.27. The van der Waals surface area contributed by atoms with E-state index in [1.54, 1.807) is 11.3 Å². The Morgan fingerprint density at radius 1 is 1.47 bits per heavy atom. The van der Waals surface area contributed by atoms with Crippen molar-refractivity contribution in [2.45, 2.75) is 52.1 Å². The number of thiazole rings is 1. The number of rotatable bonds is 2. The minimum Gasteiger partial charge on any atom is -0.390 e. The molecule has 1 aromatic heterocycles. The van der Waals surface area contributed by atoms with E-state index >= 15 is 0 Å². The molecule has 3 heteroatoms. The minimum absolute atomic E-state index is 0.0781. The van der Waals surface area contributed by atoms with E-state index in [0.717, 1.165) is 5.69 Å². The second kappa shape index (κ2) is 4.22. The number of nitrogens with zero attached hydrogens (tertiary/aromatic N) is 1. The van der Waals surface area contributed by atoms with Crippen LogP contribution in [0.5, 0.6) is 0 Å². The third-order valence-corrected chi connectivity index (χ3v) is 4.48. The molecule has 0 aromatic carbocycles. The summed E-state index contributed by atoms with van der Waals surface area (Å²) in [6.45, 7) is 4.78. The van der Waals surface area contributed by atoms with E-state index in [1.807, 2.05) is 5.38 Å². The Kier molecular flexibility index (Phi) is 3.12. The fraction of sp³-hybridized carbons (Fsp3) is 0.750. The van der Waals surface area contributed by atoms with E-state index < -0.39 is 0 Å². The van der Waals surface area contributed by atoms with Gasteiger partial charge in [-0.3, -0.25) is 0 Å². The lowest BCUT2D eigenvalue weighted by Crippen LogP contribution is -2.20. The van der Waals surface area contributed by atoms with Gasteiger partial charge in [0.2, 0.25) is 0 Å². The SMILES string of the molecule is CC1(C)CCC(c2nc(CO)cs2)CC1. The summed E-state index contributed by atoms with van der Waals surface area (Å²) >= 11 is 1.71. The molecule has 2 nitrogen and oxygen atoms in total. The van der Waals surface area contributed by atoms with E-state index in [9.17, 15) is 0 Å². The van der Waals surface area contributed by atoms with Crippen molar-refractivity contribution in [2.24, 2.45) is 5.41 Å². The average molecular weight is 225 g/mol. The van der Waals surface area contributed by atoms with Gasteiger partial charge in [-0.1, -0.05) is 13.8 Å². The summed E-state index contributed by atoms with van der Waals surface area (Å²) in [5.41, 5.74) is 1.35. The largest absolute Gasteiger partial charge is 0.390 e. The average Bonchev–Trinajstić information content (AvgIpc) is 2.66. The Balaban J connectivity index is 2.01.